The lowest BCUT2D eigenvalue weighted by Gasteiger charge is -2.54. The molecule has 202 valence electrons. The van der Waals surface area contributed by atoms with Crippen molar-refractivity contribution in [3.05, 3.63) is 47.1 Å². The topological polar surface area (TPSA) is 188 Å². The summed E-state index contributed by atoms with van der Waals surface area (Å²) >= 11 is 0. The van der Waals surface area contributed by atoms with Crippen molar-refractivity contribution in [3.63, 3.8) is 0 Å². The lowest BCUT2D eigenvalue weighted by Crippen LogP contribution is -2.74. The van der Waals surface area contributed by atoms with Crippen LogP contribution in [0.25, 0.3) is 12.3 Å². The SMILES string of the molecule is C=CC1C(OC2(CO)OC(CO)C3(C=c4cc[nH]c4=CO3)C(O)C2O)CC=C(C(=O)OC)C1CC(=O)O. The summed E-state index contributed by atoms with van der Waals surface area (Å²) in [7, 11) is 1.18. The number of carbonyl (C=O) groups excluding carboxylic acids is 1. The number of hydrogen-bond donors (Lipinski definition) is 6. The van der Waals surface area contributed by atoms with Crippen LogP contribution in [0.5, 0.6) is 0 Å². The molecule has 1 aromatic heterocycles. The van der Waals surface area contributed by atoms with Crippen LogP contribution in [0.3, 0.4) is 0 Å². The van der Waals surface area contributed by atoms with Gasteiger partial charge in [-0.1, -0.05) is 12.2 Å². The van der Waals surface area contributed by atoms with E-state index in [-0.39, 0.29) is 12.0 Å². The second kappa shape index (κ2) is 10.4. The van der Waals surface area contributed by atoms with Crippen LogP contribution in [-0.4, -0.2) is 98.6 Å². The van der Waals surface area contributed by atoms with Gasteiger partial charge in [0.05, 0.1) is 31.6 Å². The Bertz CT molecular complexity index is 1190. The second-order valence-corrected chi connectivity index (χ2v) is 9.29. The van der Waals surface area contributed by atoms with Crippen LogP contribution in [0.1, 0.15) is 12.8 Å². The van der Waals surface area contributed by atoms with E-state index in [2.05, 4.69) is 11.6 Å². The highest BCUT2D eigenvalue weighted by atomic mass is 16.7. The highest BCUT2D eigenvalue weighted by Crippen LogP contribution is 2.44. The number of aliphatic hydroxyl groups excluding tert-OH is 4. The molecule has 6 N–H and O–H groups in total. The van der Waals surface area contributed by atoms with Crippen LogP contribution in [0.2, 0.25) is 0 Å². The van der Waals surface area contributed by atoms with E-state index in [1.54, 1.807) is 12.3 Å². The average Bonchev–Trinajstić information content (AvgIpc) is 3.36. The Morgan fingerprint density at radius 3 is 2.68 bits per heavy atom. The lowest BCUT2D eigenvalue weighted by atomic mass is 9.74. The molecule has 8 unspecified atom stereocenters. The zero-order valence-electron chi connectivity index (χ0n) is 20.1. The van der Waals surface area contributed by atoms with Crippen LogP contribution < -0.4 is 10.6 Å². The molecule has 12 heteroatoms. The van der Waals surface area contributed by atoms with Crippen LogP contribution in [-0.2, 0) is 28.5 Å². The summed E-state index contributed by atoms with van der Waals surface area (Å²) < 4.78 is 22.6. The molecule has 3 aliphatic rings. The van der Waals surface area contributed by atoms with Gasteiger partial charge in [0, 0.05) is 28.8 Å². The molecule has 3 heterocycles. The van der Waals surface area contributed by atoms with E-state index in [1.807, 2.05) is 0 Å². The number of carbonyl (C=O) groups is 2. The van der Waals surface area contributed by atoms with Gasteiger partial charge in [0.2, 0.25) is 5.79 Å². The Hall–Kier alpha value is -3.00. The van der Waals surface area contributed by atoms with Crippen molar-refractivity contribution in [1.82, 2.24) is 4.98 Å². The fourth-order valence-corrected chi connectivity index (χ4v) is 5.41. The largest absolute Gasteiger partial charge is 0.483 e. The number of methoxy groups -OCH3 is 1. The van der Waals surface area contributed by atoms with E-state index in [1.165, 1.54) is 31.6 Å². The molecule has 0 saturated carbocycles. The van der Waals surface area contributed by atoms with Crippen molar-refractivity contribution in [2.45, 2.75) is 48.6 Å². The lowest BCUT2D eigenvalue weighted by molar-refractivity contribution is -0.394. The van der Waals surface area contributed by atoms with E-state index in [0.717, 1.165) is 0 Å². The van der Waals surface area contributed by atoms with Gasteiger partial charge in [-0.3, -0.25) is 4.79 Å². The number of esters is 1. The monoisotopic (exact) mass is 521 g/mol. The molecule has 1 spiro atoms. The van der Waals surface area contributed by atoms with Crippen molar-refractivity contribution < 1.29 is 54.1 Å². The van der Waals surface area contributed by atoms with Gasteiger partial charge in [0.1, 0.15) is 31.2 Å². The first-order valence-electron chi connectivity index (χ1n) is 11.8. The van der Waals surface area contributed by atoms with Gasteiger partial charge in [-0.2, -0.15) is 0 Å². The van der Waals surface area contributed by atoms with Gasteiger partial charge in [-0.15, -0.1) is 6.58 Å². The molecular weight excluding hydrogens is 490 g/mol. The van der Waals surface area contributed by atoms with Crippen molar-refractivity contribution in [3.8, 4) is 0 Å². The maximum atomic E-state index is 12.3. The van der Waals surface area contributed by atoms with Gasteiger partial charge in [-0.05, 0) is 18.6 Å². The maximum Gasteiger partial charge on any atom is 0.333 e. The number of carboxylic acid groups (broad SMARTS) is 1. The summed E-state index contributed by atoms with van der Waals surface area (Å²) in [5, 5.41) is 53.8. The first kappa shape index (κ1) is 27.0. The molecule has 1 fully saturated rings. The third-order valence-electron chi connectivity index (χ3n) is 7.32. The first-order chi connectivity index (χ1) is 17.7. The third-order valence-corrected chi connectivity index (χ3v) is 7.32. The average molecular weight is 522 g/mol. The van der Waals surface area contributed by atoms with E-state index in [9.17, 15) is 35.1 Å². The smallest absolute Gasteiger partial charge is 0.333 e. The number of aliphatic carboxylic acids is 1. The summed E-state index contributed by atoms with van der Waals surface area (Å²) in [6, 6.07) is 1.72. The Balaban J connectivity index is 1.68. The van der Waals surface area contributed by atoms with Crippen LogP contribution in [0.15, 0.2) is 36.6 Å². The van der Waals surface area contributed by atoms with Crippen LogP contribution in [0.4, 0.5) is 0 Å². The van der Waals surface area contributed by atoms with E-state index >= 15 is 0 Å². The minimum atomic E-state index is -2.22. The molecule has 4 rings (SSSR count). The number of H-pyrrole nitrogens is 1. The van der Waals surface area contributed by atoms with Gasteiger partial charge in [-0.25, -0.2) is 4.79 Å². The van der Waals surface area contributed by atoms with Gasteiger partial charge in [0.25, 0.3) is 0 Å². The zero-order valence-corrected chi connectivity index (χ0v) is 20.1. The third kappa shape index (κ3) is 4.49. The molecule has 2 aliphatic heterocycles. The highest BCUT2D eigenvalue weighted by molar-refractivity contribution is 5.90. The number of hydrogen-bond acceptors (Lipinski definition) is 10. The quantitative estimate of drug-likeness (QED) is 0.162. The predicted molar refractivity (Wildman–Crippen MR) is 126 cm³/mol. The second-order valence-electron chi connectivity index (χ2n) is 9.29. The molecule has 12 nitrogen and oxygen atoms in total. The first-order valence-corrected chi connectivity index (χ1v) is 11.8. The number of aliphatic hydroxyl groups is 4. The summed E-state index contributed by atoms with van der Waals surface area (Å²) in [4.78, 5) is 26.8. The molecule has 37 heavy (non-hydrogen) atoms. The Morgan fingerprint density at radius 1 is 1.30 bits per heavy atom. The van der Waals surface area contributed by atoms with Crippen molar-refractivity contribution in [1.29, 1.82) is 0 Å². The van der Waals surface area contributed by atoms with Crippen LogP contribution in [0, 0.1) is 11.8 Å². The van der Waals surface area contributed by atoms with Gasteiger partial charge >= 0.3 is 11.9 Å². The van der Waals surface area contributed by atoms with Crippen molar-refractivity contribution in [2.75, 3.05) is 20.3 Å². The Morgan fingerprint density at radius 2 is 2.05 bits per heavy atom. The number of aromatic nitrogens is 1. The minimum absolute atomic E-state index is 0.0587. The minimum Gasteiger partial charge on any atom is -0.483 e. The van der Waals surface area contributed by atoms with E-state index in [0.29, 0.717) is 10.6 Å². The number of ether oxygens (including phenoxy) is 4. The standard InChI is InChI=1S/C25H31NO11/c1-3-14-16(8-20(29)30)15(23(33)34-2)4-5-18(14)36-25(12-28)22(32)21(31)24(19(10-27)37-25)9-13-6-7-26-17(13)11-35-24/h3-4,6-7,9,11,14,16,18-19,21-22,26-28,31-32H,1,5,8,10,12H2,2H3,(H,29,30). The zero-order chi connectivity index (χ0) is 27.0. The fourth-order valence-electron chi connectivity index (χ4n) is 5.41. The number of rotatable bonds is 8. The molecular formula is C25H31NO11. The number of nitrogens with one attached hydrogen (secondary N) is 1. The molecule has 0 amide bonds. The van der Waals surface area contributed by atoms with Gasteiger partial charge < -0.3 is 49.5 Å². The van der Waals surface area contributed by atoms with Gasteiger partial charge in [0.15, 0.2) is 5.60 Å². The summed E-state index contributed by atoms with van der Waals surface area (Å²) in [5.74, 6) is -5.71. The summed E-state index contributed by atoms with van der Waals surface area (Å²) in [6.07, 6.45) is 1.28. The molecule has 1 aromatic rings. The van der Waals surface area contributed by atoms with E-state index in [4.69, 9.17) is 18.9 Å². The maximum absolute atomic E-state index is 12.3. The number of fused-ring (bicyclic) bond motifs is 1. The molecule has 0 bridgehead atoms. The molecule has 0 aromatic carbocycles. The Kier molecular flexibility index (Phi) is 7.60. The van der Waals surface area contributed by atoms with Crippen molar-refractivity contribution >= 4 is 24.3 Å². The predicted octanol–water partition coefficient (Wildman–Crippen LogP) is -2.11. The van der Waals surface area contributed by atoms with Crippen molar-refractivity contribution in [2.24, 2.45) is 11.8 Å². The van der Waals surface area contributed by atoms with E-state index < -0.39 is 79.2 Å². The summed E-state index contributed by atoms with van der Waals surface area (Å²) in [6.45, 7) is 2.18. The summed E-state index contributed by atoms with van der Waals surface area (Å²) in [5.41, 5.74) is -1.55. The normalized spacial score (nSPS) is 36.8. The Labute approximate surface area is 211 Å². The van der Waals surface area contributed by atoms with Crippen LogP contribution >= 0.6 is 0 Å². The highest BCUT2D eigenvalue weighted by Gasteiger charge is 2.63. The fraction of sp³-hybridized carbons (Fsp3) is 0.520. The molecule has 1 saturated heterocycles. The number of carboxylic acids is 1. The molecule has 1 aliphatic carbocycles. The number of aromatic amines is 1. The molecule has 0 radical (unpaired) electrons. The molecule has 8 atom stereocenters.